The molecule has 0 aliphatic rings. The molecule has 0 saturated heterocycles. The molecule has 0 fully saturated rings. The normalized spacial score (nSPS) is 11.1. The molecule has 0 amide bonds. The lowest BCUT2D eigenvalue weighted by molar-refractivity contribution is 0.101. The zero-order chi connectivity index (χ0) is 23.5. The highest BCUT2D eigenvalue weighted by Gasteiger charge is 2.21. The Morgan fingerprint density at radius 2 is 1.67 bits per heavy atom. The van der Waals surface area contributed by atoms with Gasteiger partial charge in [0.25, 0.3) is 0 Å². The summed E-state index contributed by atoms with van der Waals surface area (Å²) in [5.74, 6) is 0.435. The van der Waals surface area contributed by atoms with Crippen LogP contribution in [0.2, 0.25) is 0 Å². The van der Waals surface area contributed by atoms with Gasteiger partial charge >= 0.3 is 0 Å². The third-order valence-corrected chi connectivity index (χ3v) is 5.40. The Labute approximate surface area is 190 Å². The summed E-state index contributed by atoms with van der Waals surface area (Å²) in [6.07, 6.45) is 2.99. The predicted octanol–water partition coefficient (Wildman–Crippen LogP) is 5.59. The van der Waals surface area contributed by atoms with Gasteiger partial charge in [-0.15, -0.1) is 0 Å². The van der Waals surface area contributed by atoms with Crippen molar-refractivity contribution in [1.29, 1.82) is 0 Å². The minimum atomic E-state index is -0.388. The van der Waals surface area contributed by atoms with Gasteiger partial charge < -0.3 is 19.0 Å². The molecule has 0 aliphatic heterocycles. The van der Waals surface area contributed by atoms with Gasteiger partial charge in [-0.25, -0.2) is 0 Å². The highest BCUT2D eigenvalue weighted by molar-refractivity contribution is 6.13. The first kappa shape index (κ1) is 21.9. The maximum absolute atomic E-state index is 12.8. The Bertz CT molecular complexity index is 1380. The molecule has 4 rings (SSSR count). The van der Waals surface area contributed by atoms with Crippen molar-refractivity contribution in [3.05, 3.63) is 94.8 Å². The maximum Gasteiger partial charge on any atom is 0.228 e. The van der Waals surface area contributed by atoms with Crippen LogP contribution in [0.1, 0.15) is 37.6 Å². The van der Waals surface area contributed by atoms with Gasteiger partial charge in [-0.2, -0.15) is 0 Å². The number of carbonyl (C=O) groups is 2. The highest BCUT2D eigenvalue weighted by Crippen LogP contribution is 2.33. The Morgan fingerprint density at radius 3 is 2.36 bits per heavy atom. The van der Waals surface area contributed by atoms with Gasteiger partial charge in [0.05, 0.1) is 19.8 Å². The third-order valence-electron chi connectivity index (χ3n) is 5.40. The fraction of sp³-hybridized carbons (Fsp3) is 0.111. The summed E-state index contributed by atoms with van der Waals surface area (Å²) < 4.78 is 16.2. The van der Waals surface area contributed by atoms with Gasteiger partial charge in [-0.3, -0.25) is 9.59 Å². The van der Waals surface area contributed by atoms with E-state index in [2.05, 4.69) is 0 Å². The Hall–Kier alpha value is -4.32. The van der Waals surface area contributed by atoms with Crippen molar-refractivity contribution in [3.63, 3.8) is 0 Å². The largest absolute Gasteiger partial charge is 0.507 e. The molecule has 6 nitrogen and oxygen atoms in total. The quantitative estimate of drug-likeness (QED) is 0.297. The summed E-state index contributed by atoms with van der Waals surface area (Å²) in [5, 5.41) is 11.0. The van der Waals surface area contributed by atoms with Crippen LogP contribution in [0.5, 0.6) is 17.2 Å². The second kappa shape index (κ2) is 9.04. The molecule has 4 aromatic rings. The molecule has 0 unspecified atom stereocenters. The zero-order valence-corrected chi connectivity index (χ0v) is 18.4. The minimum absolute atomic E-state index is 0.113. The summed E-state index contributed by atoms with van der Waals surface area (Å²) in [4.78, 5) is 25.7. The van der Waals surface area contributed by atoms with E-state index >= 15 is 0 Å². The van der Waals surface area contributed by atoms with E-state index in [1.807, 2.05) is 6.07 Å². The van der Waals surface area contributed by atoms with Crippen LogP contribution in [-0.4, -0.2) is 30.9 Å². The molecule has 33 heavy (non-hydrogen) atoms. The molecule has 1 heterocycles. The summed E-state index contributed by atoms with van der Waals surface area (Å²) in [7, 11) is 3.08. The Balaban J connectivity index is 1.66. The molecule has 0 bridgehead atoms. The van der Waals surface area contributed by atoms with E-state index in [4.69, 9.17) is 13.9 Å². The standard InChI is InChI=1S/C27H22O6/c1-16-19-14-20(21(28)11-9-17-10-12-23(31-2)25(13-17)32-3)22(29)15-24(19)33-27(16)26(30)18-7-5-4-6-8-18/h4-15,29H,1-3H3/b11-9+. The number of aromatic hydroxyl groups is 1. The number of phenolic OH excluding ortho intramolecular Hbond substituents is 1. The predicted molar refractivity (Wildman–Crippen MR) is 125 cm³/mol. The average Bonchev–Trinajstić information content (AvgIpc) is 3.16. The fourth-order valence-electron chi connectivity index (χ4n) is 3.61. The molecule has 1 N–H and O–H groups in total. The van der Waals surface area contributed by atoms with E-state index in [1.54, 1.807) is 68.6 Å². The molecule has 3 aromatic carbocycles. The number of phenols is 1. The second-order valence-corrected chi connectivity index (χ2v) is 7.43. The molecular formula is C27H22O6. The number of ether oxygens (including phenoxy) is 2. The van der Waals surface area contributed by atoms with E-state index in [0.29, 0.717) is 33.6 Å². The zero-order valence-electron chi connectivity index (χ0n) is 18.4. The molecule has 1 aromatic heterocycles. The lowest BCUT2D eigenvalue weighted by atomic mass is 10.0. The molecular weight excluding hydrogens is 420 g/mol. The number of furan rings is 1. The highest BCUT2D eigenvalue weighted by atomic mass is 16.5. The van der Waals surface area contributed by atoms with Gasteiger partial charge in [-0.05, 0) is 36.8 Å². The summed E-state index contributed by atoms with van der Waals surface area (Å²) >= 11 is 0. The molecule has 0 saturated carbocycles. The van der Waals surface area contributed by atoms with Crippen LogP contribution in [0, 0.1) is 6.92 Å². The van der Waals surface area contributed by atoms with Crippen molar-refractivity contribution in [3.8, 4) is 17.2 Å². The summed E-state index contributed by atoms with van der Waals surface area (Å²) in [6.45, 7) is 1.76. The van der Waals surface area contributed by atoms with Crippen molar-refractivity contribution in [2.75, 3.05) is 14.2 Å². The van der Waals surface area contributed by atoms with Crippen molar-refractivity contribution in [2.24, 2.45) is 0 Å². The van der Waals surface area contributed by atoms with Crippen LogP contribution >= 0.6 is 0 Å². The number of rotatable bonds is 7. The molecule has 0 spiro atoms. The first-order chi connectivity index (χ1) is 15.9. The SMILES string of the molecule is COc1ccc(/C=C/C(=O)c2cc3c(C)c(C(=O)c4ccccc4)oc3cc2O)cc1OC. The van der Waals surface area contributed by atoms with Crippen LogP contribution in [-0.2, 0) is 0 Å². The second-order valence-electron chi connectivity index (χ2n) is 7.43. The van der Waals surface area contributed by atoms with Crippen LogP contribution in [0.3, 0.4) is 0 Å². The fourth-order valence-corrected chi connectivity index (χ4v) is 3.61. The van der Waals surface area contributed by atoms with Gasteiger partial charge in [0.15, 0.2) is 23.0 Å². The monoisotopic (exact) mass is 442 g/mol. The number of methoxy groups -OCH3 is 2. The Morgan fingerprint density at radius 1 is 0.939 bits per heavy atom. The molecule has 0 atom stereocenters. The number of benzene rings is 3. The van der Waals surface area contributed by atoms with Gasteiger partial charge in [0, 0.05) is 22.6 Å². The van der Waals surface area contributed by atoms with E-state index in [9.17, 15) is 14.7 Å². The average molecular weight is 442 g/mol. The molecule has 0 aliphatic carbocycles. The van der Waals surface area contributed by atoms with E-state index < -0.39 is 0 Å². The van der Waals surface area contributed by atoms with Crippen LogP contribution < -0.4 is 9.47 Å². The van der Waals surface area contributed by atoms with Gasteiger partial charge in [0.1, 0.15) is 11.3 Å². The van der Waals surface area contributed by atoms with Crippen LogP contribution in [0.25, 0.3) is 17.0 Å². The van der Waals surface area contributed by atoms with Crippen molar-refractivity contribution < 1.29 is 28.6 Å². The summed E-state index contributed by atoms with van der Waals surface area (Å²) in [6, 6.07) is 17.0. The smallest absolute Gasteiger partial charge is 0.228 e. The van der Waals surface area contributed by atoms with E-state index in [0.717, 1.165) is 5.56 Å². The minimum Gasteiger partial charge on any atom is -0.507 e. The number of allylic oxidation sites excluding steroid dienone is 1. The molecule has 166 valence electrons. The van der Waals surface area contributed by atoms with Gasteiger partial charge in [-0.1, -0.05) is 42.5 Å². The lowest BCUT2D eigenvalue weighted by Gasteiger charge is -2.07. The number of fused-ring (bicyclic) bond motifs is 1. The first-order valence-electron chi connectivity index (χ1n) is 10.2. The number of ketones is 2. The number of hydrogen-bond acceptors (Lipinski definition) is 6. The van der Waals surface area contributed by atoms with Crippen molar-refractivity contribution in [1.82, 2.24) is 0 Å². The van der Waals surface area contributed by atoms with Gasteiger partial charge in [0.2, 0.25) is 5.78 Å². The first-order valence-corrected chi connectivity index (χ1v) is 10.2. The number of aryl methyl sites for hydroxylation is 1. The van der Waals surface area contributed by atoms with E-state index in [1.165, 1.54) is 19.3 Å². The third kappa shape index (κ3) is 4.23. The topological polar surface area (TPSA) is 86.0 Å². The van der Waals surface area contributed by atoms with Crippen molar-refractivity contribution in [2.45, 2.75) is 6.92 Å². The van der Waals surface area contributed by atoms with E-state index in [-0.39, 0.29) is 28.6 Å². The van der Waals surface area contributed by atoms with Crippen molar-refractivity contribution >= 4 is 28.6 Å². The Kier molecular flexibility index (Phi) is 6.00. The van der Waals surface area contributed by atoms with Crippen LogP contribution in [0.4, 0.5) is 0 Å². The lowest BCUT2D eigenvalue weighted by Crippen LogP contribution is -2.00. The van der Waals surface area contributed by atoms with Crippen LogP contribution in [0.15, 0.2) is 71.2 Å². The number of carbonyl (C=O) groups excluding carboxylic acids is 2. The number of hydrogen-bond donors (Lipinski definition) is 1. The maximum atomic E-state index is 12.8. The molecule has 6 heteroatoms. The molecule has 0 radical (unpaired) electrons. The summed E-state index contributed by atoms with van der Waals surface area (Å²) in [5.41, 5.74) is 2.29.